The Labute approximate surface area is 148 Å². The Kier molecular flexibility index (Phi) is 4.82. The smallest absolute Gasteiger partial charge is 0.279 e. The Bertz CT molecular complexity index is 903. The number of aliphatic hydroxyl groups is 1. The molecule has 0 aliphatic rings. The van der Waals surface area contributed by atoms with E-state index in [2.05, 4.69) is 15.3 Å². The summed E-state index contributed by atoms with van der Waals surface area (Å²) in [5.74, 6) is 0.547. The first-order chi connectivity index (χ1) is 12.0. The summed E-state index contributed by atoms with van der Waals surface area (Å²) in [5, 5.41) is 15.5. The molecule has 1 atom stereocenters. The molecule has 0 aliphatic heterocycles. The minimum atomic E-state index is -1.10. The van der Waals surface area contributed by atoms with Crippen molar-refractivity contribution in [1.82, 2.24) is 9.97 Å². The van der Waals surface area contributed by atoms with E-state index in [4.69, 9.17) is 9.15 Å². The van der Waals surface area contributed by atoms with Gasteiger partial charge in [-0.25, -0.2) is 9.97 Å². The number of thiazole rings is 1. The second-order valence-corrected chi connectivity index (χ2v) is 6.24. The molecule has 2 heterocycles. The highest BCUT2D eigenvalue weighted by molar-refractivity contribution is 7.13. The number of nitrogens with zero attached hydrogens (tertiary/aromatic N) is 2. The Hall–Kier alpha value is -2.71. The van der Waals surface area contributed by atoms with Crippen LogP contribution >= 0.6 is 11.3 Å². The molecule has 0 saturated heterocycles. The normalized spacial score (nSPS) is 12.0. The van der Waals surface area contributed by atoms with Gasteiger partial charge in [-0.1, -0.05) is 12.1 Å². The third-order valence-corrected chi connectivity index (χ3v) is 4.39. The molecule has 0 bridgehead atoms. The highest BCUT2D eigenvalue weighted by Gasteiger charge is 2.23. The first-order valence-electron chi connectivity index (χ1n) is 7.50. The van der Waals surface area contributed by atoms with Gasteiger partial charge in [-0.15, -0.1) is 11.3 Å². The number of benzene rings is 1. The van der Waals surface area contributed by atoms with Crippen molar-refractivity contribution in [3.05, 3.63) is 58.2 Å². The molecule has 3 aromatic rings. The van der Waals surface area contributed by atoms with Gasteiger partial charge < -0.3 is 14.3 Å². The number of carbonyl (C=O) groups excluding carboxylic acids is 1. The minimum Gasteiger partial charge on any atom is -0.497 e. The summed E-state index contributed by atoms with van der Waals surface area (Å²) >= 11 is 1.33. The summed E-state index contributed by atoms with van der Waals surface area (Å²) < 4.78 is 10.6. The third kappa shape index (κ3) is 3.70. The lowest BCUT2D eigenvalue weighted by molar-refractivity contribution is 0.102. The monoisotopic (exact) mass is 359 g/mol. The van der Waals surface area contributed by atoms with E-state index in [9.17, 15) is 9.90 Å². The molecule has 1 aromatic carbocycles. The number of ether oxygens (including phenoxy) is 1. The van der Waals surface area contributed by atoms with Gasteiger partial charge >= 0.3 is 0 Å². The number of hydrogen-bond acceptors (Lipinski definition) is 7. The molecule has 0 fully saturated rings. The van der Waals surface area contributed by atoms with Crippen LogP contribution in [0.4, 0.5) is 5.13 Å². The number of anilines is 1. The first-order valence-corrected chi connectivity index (χ1v) is 8.38. The number of amides is 1. The van der Waals surface area contributed by atoms with Gasteiger partial charge in [0.05, 0.1) is 12.8 Å². The molecule has 1 unspecified atom stereocenters. The molecule has 8 heteroatoms. The zero-order valence-corrected chi connectivity index (χ0v) is 14.8. The molecule has 25 heavy (non-hydrogen) atoms. The van der Waals surface area contributed by atoms with Crippen LogP contribution in [0.1, 0.15) is 39.5 Å². The van der Waals surface area contributed by atoms with Crippen LogP contribution < -0.4 is 10.1 Å². The van der Waals surface area contributed by atoms with Crippen molar-refractivity contribution in [3.63, 3.8) is 0 Å². The Morgan fingerprint density at radius 1 is 1.36 bits per heavy atom. The number of aryl methyl sites for hydroxylation is 2. The maximum absolute atomic E-state index is 12.3. The summed E-state index contributed by atoms with van der Waals surface area (Å²) in [6.45, 7) is 3.47. The first kappa shape index (κ1) is 17.1. The quantitative estimate of drug-likeness (QED) is 0.726. The lowest BCUT2D eigenvalue weighted by Gasteiger charge is -2.08. The average molecular weight is 359 g/mol. The molecule has 2 aromatic heterocycles. The molecule has 7 nitrogen and oxygen atoms in total. The maximum atomic E-state index is 12.3. The highest BCUT2D eigenvalue weighted by atomic mass is 32.1. The van der Waals surface area contributed by atoms with E-state index in [1.807, 2.05) is 12.3 Å². The number of nitrogens with one attached hydrogen (secondary N) is 1. The molecule has 0 saturated carbocycles. The van der Waals surface area contributed by atoms with E-state index in [-0.39, 0.29) is 11.6 Å². The lowest BCUT2D eigenvalue weighted by Crippen LogP contribution is -2.13. The van der Waals surface area contributed by atoms with Gasteiger partial charge in [0.15, 0.2) is 16.9 Å². The number of carbonyl (C=O) groups is 1. The van der Waals surface area contributed by atoms with Gasteiger partial charge in [-0.3, -0.25) is 10.1 Å². The zero-order valence-electron chi connectivity index (χ0n) is 13.9. The van der Waals surface area contributed by atoms with Gasteiger partial charge in [-0.05, 0) is 31.5 Å². The highest BCUT2D eigenvalue weighted by Crippen LogP contribution is 2.26. The van der Waals surface area contributed by atoms with Crippen molar-refractivity contribution >= 4 is 22.4 Å². The molecular formula is C17H17N3O4S. The number of methoxy groups -OCH3 is 1. The van der Waals surface area contributed by atoms with Crippen molar-refractivity contribution in [2.45, 2.75) is 20.0 Å². The van der Waals surface area contributed by atoms with E-state index in [1.54, 1.807) is 38.3 Å². The predicted molar refractivity (Wildman–Crippen MR) is 93.1 cm³/mol. The summed E-state index contributed by atoms with van der Waals surface area (Å²) in [7, 11) is 1.55. The SMILES string of the molecule is COc1cccc(C(O)c2nc(C(=O)Nc3nc(C)cs3)c(C)o2)c1. The van der Waals surface area contributed by atoms with Crippen molar-refractivity contribution in [2.24, 2.45) is 0 Å². The number of rotatable bonds is 5. The van der Waals surface area contributed by atoms with Crippen LogP contribution in [-0.2, 0) is 0 Å². The van der Waals surface area contributed by atoms with Crippen molar-refractivity contribution in [3.8, 4) is 5.75 Å². The van der Waals surface area contributed by atoms with Gasteiger partial charge in [-0.2, -0.15) is 0 Å². The summed E-state index contributed by atoms with van der Waals surface area (Å²) in [4.78, 5) is 20.7. The van der Waals surface area contributed by atoms with Crippen LogP contribution in [0.2, 0.25) is 0 Å². The number of aliphatic hydroxyl groups excluding tert-OH is 1. The van der Waals surface area contributed by atoms with Crippen LogP contribution in [0.15, 0.2) is 34.1 Å². The topological polar surface area (TPSA) is 97.5 Å². The third-order valence-electron chi connectivity index (χ3n) is 3.51. The predicted octanol–water partition coefficient (Wildman–Crippen LogP) is 3.09. The van der Waals surface area contributed by atoms with E-state index in [0.29, 0.717) is 22.2 Å². The molecule has 130 valence electrons. The lowest BCUT2D eigenvalue weighted by atomic mass is 10.1. The van der Waals surface area contributed by atoms with Crippen LogP contribution in [-0.4, -0.2) is 28.1 Å². The van der Waals surface area contributed by atoms with Crippen LogP contribution in [0.25, 0.3) is 0 Å². The minimum absolute atomic E-state index is 0.0474. The van der Waals surface area contributed by atoms with Gasteiger partial charge in [0.1, 0.15) is 11.5 Å². The van der Waals surface area contributed by atoms with E-state index >= 15 is 0 Å². The maximum Gasteiger partial charge on any atom is 0.279 e. The summed E-state index contributed by atoms with van der Waals surface area (Å²) in [6, 6.07) is 6.94. The van der Waals surface area contributed by atoms with Crippen LogP contribution in [0.5, 0.6) is 5.75 Å². The standard InChI is InChI=1S/C17H17N3O4S/c1-9-8-25-17(18-9)20-15(22)13-10(2)24-16(19-13)14(21)11-5-4-6-12(7-11)23-3/h4-8,14,21H,1-3H3,(H,18,20,22). The van der Waals surface area contributed by atoms with E-state index in [1.165, 1.54) is 11.3 Å². The Balaban J connectivity index is 1.82. The molecule has 3 rings (SSSR count). The molecule has 1 amide bonds. The molecule has 0 aliphatic carbocycles. The van der Waals surface area contributed by atoms with Crippen molar-refractivity contribution < 1.29 is 19.1 Å². The van der Waals surface area contributed by atoms with Gasteiger partial charge in [0.2, 0.25) is 5.89 Å². The summed E-state index contributed by atoms with van der Waals surface area (Å²) in [6.07, 6.45) is -1.10. The van der Waals surface area contributed by atoms with Crippen molar-refractivity contribution in [2.75, 3.05) is 12.4 Å². The van der Waals surface area contributed by atoms with Crippen LogP contribution in [0, 0.1) is 13.8 Å². The molecule has 0 radical (unpaired) electrons. The second-order valence-electron chi connectivity index (χ2n) is 5.38. The fraction of sp³-hybridized carbons (Fsp3) is 0.235. The number of oxazole rings is 1. The van der Waals surface area contributed by atoms with Gasteiger partial charge in [0.25, 0.3) is 5.91 Å². The average Bonchev–Trinajstić information content (AvgIpc) is 3.19. The van der Waals surface area contributed by atoms with Crippen LogP contribution in [0.3, 0.4) is 0 Å². The second kappa shape index (κ2) is 7.04. The summed E-state index contributed by atoms with van der Waals surface area (Å²) in [5.41, 5.74) is 1.50. The number of hydrogen-bond donors (Lipinski definition) is 2. The van der Waals surface area contributed by atoms with E-state index < -0.39 is 12.0 Å². The fourth-order valence-corrected chi connectivity index (χ4v) is 2.95. The van der Waals surface area contributed by atoms with Crippen molar-refractivity contribution in [1.29, 1.82) is 0 Å². The Morgan fingerprint density at radius 2 is 2.16 bits per heavy atom. The molecule has 0 spiro atoms. The zero-order chi connectivity index (χ0) is 18.0. The fourth-order valence-electron chi connectivity index (χ4n) is 2.27. The largest absolute Gasteiger partial charge is 0.497 e. The molecular weight excluding hydrogens is 342 g/mol. The Morgan fingerprint density at radius 3 is 2.84 bits per heavy atom. The number of aromatic nitrogens is 2. The van der Waals surface area contributed by atoms with Gasteiger partial charge in [0, 0.05) is 5.38 Å². The molecule has 2 N–H and O–H groups in total. The van der Waals surface area contributed by atoms with E-state index in [0.717, 1.165) is 5.69 Å².